The molecule has 1 aromatic carbocycles. The number of aryl methyl sites for hydroxylation is 1. The first kappa shape index (κ1) is 16.0. The van der Waals surface area contributed by atoms with Crippen LogP contribution in [0.3, 0.4) is 0 Å². The van der Waals surface area contributed by atoms with Gasteiger partial charge in [0.1, 0.15) is 4.90 Å². The topological polar surface area (TPSA) is 101 Å². The summed E-state index contributed by atoms with van der Waals surface area (Å²) in [4.78, 5) is 0.101. The lowest BCUT2D eigenvalue weighted by molar-refractivity contribution is 0.565. The molecule has 2 rings (SSSR count). The highest BCUT2D eigenvalue weighted by Crippen LogP contribution is 2.25. The Morgan fingerprint density at radius 3 is 2.71 bits per heavy atom. The van der Waals surface area contributed by atoms with Gasteiger partial charge in [-0.2, -0.15) is 5.10 Å². The molecule has 1 aromatic heterocycles. The molecule has 6 nitrogen and oxygen atoms in total. The largest absolute Gasteiger partial charge is 0.325 e. The average Bonchev–Trinajstić information content (AvgIpc) is 2.80. The van der Waals surface area contributed by atoms with E-state index in [0.717, 1.165) is 0 Å². The summed E-state index contributed by atoms with van der Waals surface area (Å²) >= 11 is 6.09. The Labute approximate surface area is 128 Å². The van der Waals surface area contributed by atoms with Crippen molar-refractivity contribution in [3.05, 3.63) is 46.2 Å². The predicted molar refractivity (Wildman–Crippen MR) is 81.4 cm³/mol. The van der Waals surface area contributed by atoms with E-state index in [2.05, 4.69) is 14.9 Å². The van der Waals surface area contributed by atoms with Crippen LogP contribution in [0.1, 0.15) is 29.9 Å². The van der Waals surface area contributed by atoms with Crippen LogP contribution in [0.5, 0.6) is 0 Å². The summed E-state index contributed by atoms with van der Waals surface area (Å²) < 4.78 is 27.6. The zero-order valence-electron chi connectivity index (χ0n) is 11.7. The molecule has 4 N–H and O–H groups in total. The number of rotatable bonds is 5. The van der Waals surface area contributed by atoms with E-state index in [9.17, 15) is 8.42 Å². The van der Waals surface area contributed by atoms with Crippen molar-refractivity contribution in [1.82, 2.24) is 14.9 Å². The summed E-state index contributed by atoms with van der Waals surface area (Å²) in [6.07, 6.45) is 0. The Morgan fingerprint density at radius 1 is 1.43 bits per heavy atom. The molecule has 114 valence electrons. The van der Waals surface area contributed by atoms with Crippen molar-refractivity contribution in [2.24, 2.45) is 5.73 Å². The highest BCUT2D eigenvalue weighted by atomic mass is 35.5. The molecule has 1 atom stereocenters. The van der Waals surface area contributed by atoms with Gasteiger partial charge in [-0.15, -0.1) is 0 Å². The zero-order chi connectivity index (χ0) is 15.6. The van der Waals surface area contributed by atoms with Crippen LogP contribution < -0.4 is 10.5 Å². The van der Waals surface area contributed by atoms with Gasteiger partial charge in [-0.1, -0.05) is 29.8 Å². The minimum Gasteiger partial charge on any atom is -0.325 e. The van der Waals surface area contributed by atoms with Crippen molar-refractivity contribution in [2.45, 2.75) is 31.3 Å². The van der Waals surface area contributed by atoms with Crippen LogP contribution in [0.25, 0.3) is 0 Å². The molecule has 0 bridgehead atoms. The quantitative estimate of drug-likeness (QED) is 0.779. The zero-order valence-corrected chi connectivity index (χ0v) is 13.3. The number of hydrogen-bond acceptors (Lipinski definition) is 4. The molecule has 0 aliphatic carbocycles. The highest BCUT2D eigenvalue weighted by molar-refractivity contribution is 7.89. The maximum Gasteiger partial charge on any atom is 0.244 e. The molecule has 0 aliphatic heterocycles. The van der Waals surface area contributed by atoms with Crippen molar-refractivity contribution in [3.63, 3.8) is 0 Å². The van der Waals surface area contributed by atoms with Crippen LogP contribution in [0.4, 0.5) is 0 Å². The molecule has 0 aliphatic rings. The first-order chi connectivity index (χ1) is 9.86. The van der Waals surface area contributed by atoms with E-state index in [-0.39, 0.29) is 11.4 Å². The van der Waals surface area contributed by atoms with E-state index in [1.807, 2.05) is 0 Å². The van der Waals surface area contributed by atoms with Crippen LogP contribution in [-0.2, 0) is 16.6 Å². The van der Waals surface area contributed by atoms with Gasteiger partial charge in [-0.3, -0.25) is 5.10 Å². The van der Waals surface area contributed by atoms with Gasteiger partial charge in [0.05, 0.1) is 11.4 Å². The average molecular weight is 329 g/mol. The number of hydrogen-bond donors (Lipinski definition) is 3. The number of benzene rings is 1. The van der Waals surface area contributed by atoms with Gasteiger partial charge in [0.15, 0.2) is 0 Å². The number of aromatic nitrogens is 2. The van der Waals surface area contributed by atoms with Gasteiger partial charge in [0.25, 0.3) is 0 Å². The van der Waals surface area contributed by atoms with Crippen molar-refractivity contribution in [1.29, 1.82) is 0 Å². The third-order valence-corrected chi connectivity index (χ3v) is 5.21. The molecular weight excluding hydrogens is 312 g/mol. The molecule has 0 amide bonds. The molecule has 0 radical (unpaired) electrons. The van der Waals surface area contributed by atoms with Crippen molar-refractivity contribution in [2.75, 3.05) is 0 Å². The van der Waals surface area contributed by atoms with Gasteiger partial charge in [0, 0.05) is 17.6 Å². The Kier molecular flexibility index (Phi) is 4.67. The molecular formula is C13H17ClN4O2S. The standard InChI is InChI=1S/C13H17ClN4O2S/c1-8(10-5-3-4-6-11(10)14)18-21(19,20)13-9(2)16-17-12(13)7-15/h3-6,8,18H,7,15H2,1-2H3,(H,16,17). The summed E-state index contributed by atoms with van der Waals surface area (Å²) in [5, 5.41) is 7.06. The number of nitrogens with zero attached hydrogens (tertiary/aromatic N) is 1. The van der Waals surface area contributed by atoms with Crippen molar-refractivity contribution >= 4 is 21.6 Å². The fourth-order valence-corrected chi connectivity index (χ4v) is 4.04. The molecule has 0 saturated carbocycles. The van der Waals surface area contributed by atoms with Gasteiger partial charge < -0.3 is 5.73 Å². The lowest BCUT2D eigenvalue weighted by atomic mass is 10.1. The van der Waals surface area contributed by atoms with Gasteiger partial charge >= 0.3 is 0 Å². The Morgan fingerprint density at radius 2 is 2.10 bits per heavy atom. The Balaban J connectivity index is 2.34. The SMILES string of the molecule is Cc1[nH]nc(CN)c1S(=O)(=O)NC(C)c1ccccc1Cl. The number of H-pyrrole nitrogens is 1. The minimum absolute atomic E-state index is 0.0427. The summed E-state index contributed by atoms with van der Waals surface area (Å²) in [5.74, 6) is 0. The van der Waals surface area contributed by atoms with Crippen LogP contribution in [0.2, 0.25) is 5.02 Å². The fraction of sp³-hybridized carbons (Fsp3) is 0.308. The number of halogens is 1. The molecule has 8 heteroatoms. The predicted octanol–water partition coefficient (Wildman–Crippen LogP) is 1.87. The number of aromatic amines is 1. The normalized spacial score (nSPS) is 13.3. The van der Waals surface area contributed by atoms with Gasteiger partial charge in [-0.25, -0.2) is 13.1 Å². The first-order valence-corrected chi connectivity index (χ1v) is 8.23. The lowest BCUT2D eigenvalue weighted by Crippen LogP contribution is -2.28. The van der Waals surface area contributed by atoms with Crippen LogP contribution in [0.15, 0.2) is 29.2 Å². The smallest absolute Gasteiger partial charge is 0.244 e. The molecule has 0 spiro atoms. The molecule has 21 heavy (non-hydrogen) atoms. The maximum absolute atomic E-state index is 12.5. The van der Waals surface area contributed by atoms with E-state index >= 15 is 0 Å². The number of sulfonamides is 1. The van der Waals surface area contributed by atoms with Gasteiger partial charge in [-0.05, 0) is 25.5 Å². The highest BCUT2D eigenvalue weighted by Gasteiger charge is 2.26. The maximum atomic E-state index is 12.5. The number of nitrogens with two attached hydrogens (primary N) is 1. The van der Waals surface area contributed by atoms with Crippen LogP contribution in [0, 0.1) is 6.92 Å². The molecule has 1 heterocycles. The summed E-state index contributed by atoms with van der Waals surface area (Å²) in [5.41, 5.74) is 7.00. The van der Waals surface area contributed by atoms with E-state index in [4.69, 9.17) is 17.3 Å². The summed E-state index contributed by atoms with van der Waals surface area (Å²) in [6.45, 7) is 3.41. The third kappa shape index (κ3) is 3.26. The minimum atomic E-state index is -3.74. The second kappa shape index (κ2) is 6.15. The van der Waals surface area contributed by atoms with Gasteiger partial charge in [0.2, 0.25) is 10.0 Å². The van der Waals surface area contributed by atoms with Crippen LogP contribution >= 0.6 is 11.6 Å². The van der Waals surface area contributed by atoms with Crippen molar-refractivity contribution in [3.8, 4) is 0 Å². The van der Waals surface area contributed by atoms with E-state index in [0.29, 0.717) is 22.0 Å². The molecule has 1 unspecified atom stereocenters. The summed E-state index contributed by atoms with van der Waals surface area (Å²) in [6, 6.07) is 6.63. The monoisotopic (exact) mass is 328 g/mol. The van der Waals surface area contributed by atoms with E-state index < -0.39 is 16.1 Å². The van der Waals surface area contributed by atoms with E-state index in [1.54, 1.807) is 38.1 Å². The molecule has 0 fully saturated rings. The van der Waals surface area contributed by atoms with Crippen molar-refractivity contribution < 1.29 is 8.42 Å². The Bertz CT molecular complexity index is 742. The molecule has 0 saturated heterocycles. The van der Waals surface area contributed by atoms with E-state index in [1.165, 1.54) is 0 Å². The third-order valence-electron chi connectivity index (χ3n) is 3.13. The second-order valence-electron chi connectivity index (χ2n) is 4.69. The fourth-order valence-electron chi connectivity index (χ4n) is 2.15. The van der Waals surface area contributed by atoms with Crippen LogP contribution in [-0.4, -0.2) is 18.6 Å². The number of nitrogens with one attached hydrogen (secondary N) is 2. The second-order valence-corrected chi connectivity index (χ2v) is 6.75. The Hall–Kier alpha value is -1.41. The molecule has 2 aromatic rings. The lowest BCUT2D eigenvalue weighted by Gasteiger charge is -2.16. The first-order valence-electron chi connectivity index (χ1n) is 6.37. The summed E-state index contributed by atoms with van der Waals surface area (Å²) in [7, 11) is -3.74.